The third-order valence-corrected chi connectivity index (χ3v) is 7.01. The molecule has 1 amide bonds. The summed E-state index contributed by atoms with van der Waals surface area (Å²) >= 11 is 5.79. The summed E-state index contributed by atoms with van der Waals surface area (Å²) in [7, 11) is 0. The zero-order valence-corrected chi connectivity index (χ0v) is 21.2. The normalized spacial score (nSPS) is 17.3. The summed E-state index contributed by atoms with van der Waals surface area (Å²) in [5.41, 5.74) is 5.13. The molecule has 1 saturated heterocycles. The van der Waals surface area contributed by atoms with E-state index in [0.717, 1.165) is 34.1 Å². The van der Waals surface area contributed by atoms with Crippen molar-refractivity contribution >= 4 is 28.9 Å². The van der Waals surface area contributed by atoms with Gasteiger partial charge in [-0.15, -0.1) is 0 Å². The highest BCUT2D eigenvalue weighted by molar-refractivity contribution is 7.80. The molecule has 2 unspecified atom stereocenters. The second-order valence-corrected chi connectivity index (χ2v) is 9.36. The van der Waals surface area contributed by atoms with Crippen molar-refractivity contribution in [3.05, 3.63) is 108 Å². The molecule has 2 N–H and O–H groups in total. The van der Waals surface area contributed by atoms with E-state index in [4.69, 9.17) is 16.6 Å². The van der Waals surface area contributed by atoms with Gasteiger partial charge in [0.15, 0.2) is 5.11 Å². The summed E-state index contributed by atoms with van der Waals surface area (Å²) in [5.74, 6) is 0.853. The number of pyridine rings is 1. The zero-order chi connectivity index (χ0) is 25.1. The van der Waals surface area contributed by atoms with Crippen LogP contribution in [0.3, 0.4) is 0 Å². The lowest BCUT2D eigenvalue weighted by Crippen LogP contribution is -2.32. The summed E-state index contributed by atoms with van der Waals surface area (Å²) in [4.78, 5) is 19.5. The molecule has 0 bridgehead atoms. The van der Waals surface area contributed by atoms with Gasteiger partial charge in [0.25, 0.3) is 0 Å². The molecule has 1 fully saturated rings. The van der Waals surface area contributed by atoms with E-state index in [1.54, 1.807) is 12.5 Å². The lowest BCUT2D eigenvalue weighted by atomic mass is 9.96. The van der Waals surface area contributed by atoms with Crippen LogP contribution in [0, 0.1) is 13.8 Å². The van der Waals surface area contributed by atoms with Gasteiger partial charge >= 0.3 is 0 Å². The van der Waals surface area contributed by atoms with Crippen LogP contribution >= 0.6 is 12.2 Å². The lowest BCUT2D eigenvalue weighted by molar-refractivity contribution is -0.116. The van der Waals surface area contributed by atoms with Crippen LogP contribution in [0.4, 0.5) is 5.69 Å². The molecule has 0 aliphatic carbocycles. The van der Waals surface area contributed by atoms with E-state index < -0.39 is 0 Å². The van der Waals surface area contributed by atoms with E-state index in [2.05, 4.69) is 45.0 Å². The first kappa shape index (κ1) is 23.8. The molecule has 5 rings (SSSR count). The zero-order valence-electron chi connectivity index (χ0n) is 20.3. The number of aromatic nitrogens is 2. The molecule has 7 nitrogen and oxygen atoms in total. The predicted octanol–water partition coefficient (Wildman–Crippen LogP) is 5.14. The highest BCUT2D eigenvalue weighted by atomic mass is 32.1. The first-order valence-electron chi connectivity index (χ1n) is 12.0. The van der Waals surface area contributed by atoms with Crippen LogP contribution in [0.25, 0.3) is 0 Å². The summed E-state index contributed by atoms with van der Waals surface area (Å²) < 4.78 is 7.86. The minimum atomic E-state index is -0.131. The summed E-state index contributed by atoms with van der Waals surface area (Å²) in [6.07, 6.45) is 3.81. The van der Waals surface area contributed by atoms with Crippen molar-refractivity contribution in [2.75, 3.05) is 11.9 Å². The topological polar surface area (TPSA) is 75.3 Å². The number of hydrogen-bond acceptors (Lipinski definition) is 4. The first-order valence-corrected chi connectivity index (χ1v) is 12.4. The van der Waals surface area contributed by atoms with E-state index >= 15 is 0 Å². The van der Waals surface area contributed by atoms with Crippen LogP contribution < -0.4 is 10.6 Å². The molecule has 4 heterocycles. The number of amides is 1. The number of nitrogens with one attached hydrogen (secondary N) is 2. The number of nitrogens with zero attached hydrogens (tertiary/aromatic N) is 3. The molecule has 3 aromatic heterocycles. The Balaban J connectivity index is 1.43. The minimum absolute atomic E-state index is 0.0488. The maximum Gasteiger partial charge on any atom is 0.226 e. The molecule has 8 heteroatoms. The van der Waals surface area contributed by atoms with Gasteiger partial charge in [-0.3, -0.25) is 9.78 Å². The molecule has 36 heavy (non-hydrogen) atoms. The van der Waals surface area contributed by atoms with E-state index in [9.17, 15) is 4.79 Å². The van der Waals surface area contributed by atoms with Gasteiger partial charge in [0.1, 0.15) is 5.76 Å². The Hall–Kier alpha value is -3.91. The predicted molar refractivity (Wildman–Crippen MR) is 144 cm³/mol. The standard InChI is InChI=1S/C28H29N5O2S/c1-19-17-23(20(2)33(19)18-22-11-8-16-35-22)27-26(24-12-6-7-14-29-24)31-28(36)32(27)15-13-25(34)30-21-9-4-3-5-10-21/h3-12,14,16-17,26-27H,13,15,18H2,1-2H3,(H,30,34)(H,31,36). The third kappa shape index (κ3) is 4.90. The van der Waals surface area contributed by atoms with Gasteiger partial charge in [-0.1, -0.05) is 24.3 Å². The number of hydrogen-bond donors (Lipinski definition) is 2. The molecule has 1 aliphatic heterocycles. The fourth-order valence-electron chi connectivity index (χ4n) is 4.88. The van der Waals surface area contributed by atoms with Gasteiger partial charge in [0.05, 0.1) is 30.6 Å². The highest BCUT2D eigenvalue weighted by Gasteiger charge is 2.41. The monoisotopic (exact) mass is 499 g/mol. The molecular formula is C28H29N5O2S. The van der Waals surface area contributed by atoms with Gasteiger partial charge < -0.3 is 24.5 Å². The molecule has 0 saturated carbocycles. The Kier molecular flexibility index (Phi) is 6.86. The Morgan fingerprint density at radius 2 is 1.92 bits per heavy atom. The van der Waals surface area contributed by atoms with Crippen LogP contribution in [0.15, 0.2) is 83.6 Å². The van der Waals surface area contributed by atoms with E-state index in [1.807, 2.05) is 60.7 Å². The Labute approximate surface area is 216 Å². The number of carbonyl (C=O) groups is 1. The number of carbonyl (C=O) groups excluding carboxylic acids is 1. The largest absolute Gasteiger partial charge is 0.467 e. The van der Waals surface area contributed by atoms with Crippen molar-refractivity contribution in [1.29, 1.82) is 0 Å². The van der Waals surface area contributed by atoms with Crippen molar-refractivity contribution in [3.8, 4) is 0 Å². The number of aryl methyl sites for hydroxylation is 1. The van der Waals surface area contributed by atoms with Gasteiger partial charge in [0, 0.05) is 36.2 Å². The average molecular weight is 500 g/mol. The fraction of sp³-hybridized carbons (Fsp3) is 0.250. The van der Waals surface area contributed by atoms with Crippen LogP contribution in [0.1, 0.15) is 46.9 Å². The summed E-state index contributed by atoms with van der Waals surface area (Å²) in [6.45, 7) is 5.37. The number of benzene rings is 1. The van der Waals surface area contributed by atoms with E-state index in [-0.39, 0.29) is 18.0 Å². The first-order chi connectivity index (χ1) is 17.5. The fourth-order valence-corrected chi connectivity index (χ4v) is 5.21. The van der Waals surface area contributed by atoms with Crippen LogP contribution in [-0.2, 0) is 11.3 Å². The highest BCUT2D eigenvalue weighted by Crippen LogP contribution is 2.41. The number of furan rings is 1. The quantitative estimate of drug-likeness (QED) is 0.327. The van der Waals surface area contributed by atoms with Crippen LogP contribution in [-0.4, -0.2) is 32.0 Å². The molecule has 4 aromatic rings. The molecule has 0 spiro atoms. The molecule has 2 atom stereocenters. The SMILES string of the molecule is Cc1cc(C2C(c3ccccn3)NC(=S)N2CCC(=O)Nc2ccccc2)c(C)n1Cc1ccco1. The second-order valence-electron chi connectivity index (χ2n) is 8.98. The van der Waals surface area contributed by atoms with Crippen LogP contribution in [0.5, 0.6) is 0 Å². The van der Waals surface area contributed by atoms with Gasteiger partial charge in [-0.25, -0.2) is 0 Å². The molecular weight excluding hydrogens is 470 g/mol. The molecule has 0 radical (unpaired) electrons. The number of rotatable bonds is 8. The number of para-hydroxylation sites is 1. The average Bonchev–Trinajstić information content (AvgIpc) is 3.59. The number of anilines is 1. The van der Waals surface area contributed by atoms with Crippen molar-refractivity contribution in [3.63, 3.8) is 0 Å². The Morgan fingerprint density at radius 3 is 2.64 bits per heavy atom. The molecule has 1 aliphatic rings. The van der Waals surface area contributed by atoms with E-state index in [0.29, 0.717) is 24.6 Å². The lowest BCUT2D eigenvalue weighted by Gasteiger charge is -2.28. The number of thiocarbonyl (C=S) groups is 1. The van der Waals surface area contributed by atoms with Gasteiger partial charge in [-0.2, -0.15) is 0 Å². The van der Waals surface area contributed by atoms with Crippen molar-refractivity contribution < 1.29 is 9.21 Å². The Morgan fingerprint density at radius 1 is 1.11 bits per heavy atom. The van der Waals surface area contributed by atoms with Gasteiger partial charge in [0.2, 0.25) is 5.91 Å². The van der Waals surface area contributed by atoms with Gasteiger partial charge in [-0.05, 0) is 74.1 Å². The van der Waals surface area contributed by atoms with Crippen molar-refractivity contribution in [2.45, 2.75) is 38.9 Å². The van der Waals surface area contributed by atoms with Crippen molar-refractivity contribution in [2.24, 2.45) is 0 Å². The molecule has 1 aromatic carbocycles. The minimum Gasteiger partial charge on any atom is -0.467 e. The van der Waals surface area contributed by atoms with Crippen LogP contribution in [0.2, 0.25) is 0 Å². The summed E-state index contributed by atoms with van der Waals surface area (Å²) in [5, 5.41) is 7.07. The maximum atomic E-state index is 12.7. The summed E-state index contributed by atoms with van der Waals surface area (Å²) in [6, 6.07) is 21.3. The van der Waals surface area contributed by atoms with Crippen molar-refractivity contribution in [1.82, 2.24) is 19.8 Å². The van der Waals surface area contributed by atoms with E-state index in [1.165, 1.54) is 0 Å². The Bertz CT molecular complexity index is 1340. The molecule has 184 valence electrons. The third-order valence-electron chi connectivity index (χ3n) is 6.66. The second kappa shape index (κ2) is 10.4. The smallest absolute Gasteiger partial charge is 0.226 e. The maximum absolute atomic E-state index is 12.7.